The summed E-state index contributed by atoms with van der Waals surface area (Å²) in [5.74, 6) is 0.00179. The maximum absolute atomic E-state index is 11.5. The Morgan fingerprint density at radius 1 is 0.944 bits per heavy atom. The van der Waals surface area contributed by atoms with E-state index < -0.39 is 0 Å². The quantitative estimate of drug-likeness (QED) is 0.653. The fourth-order valence-electron chi connectivity index (χ4n) is 1.59. The van der Waals surface area contributed by atoms with E-state index in [1.807, 2.05) is 60.7 Å². The average Bonchev–Trinajstić information content (AvgIpc) is 2.46. The van der Waals surface area contributed by atoms with Gasteiger partial charge in [0.05, 0.1) is 17.1 Å². The molecule has 0 aromatic heterocycles. The van der Waals surface area contributed by atoms with Crippen molar-refractivity contribution in [3.8, 4) is 0 Å². The van der Waals surface area contributed by atoms with Crippen molar-refractivity contribution in [3.63, 3.8) is 0 Å². The molecule has 0 atom stereocenters. The summed E-state index contributed by atoms with van der Waals surface area (Å²) >= 11 is 3.98. The molecule has 92 valence electrons. The number of carbonyl (C=O) groups is 1. The second kappa shape index (κ2) is 6.12. The molecule has 1 N–H and O–H groups in total. The van der Waals surface area contributed by atoms with Gasteiger partial charge in [0, 0.05) is 0 Å². The Morgan fingerprint density at radius 3 is 1.78 bits per heavy atom. The monoisotopic (exact) mass is 258 g/mol. The van der Waals surface area contributed by atoms with Crippen LogP contribution in [0.4, 0.5) is 11.4 Å². The lowest BCUT2D eigenvalue weighted by Crippen LogP contribution is -2.39. The number of hydrazine groups is 1. The van der Waals surface area contributed by atoms with E-state index in [1.54, 1.807) is 5.01 Å². The highest BCUT2D eigenvalue weighted by Gasteiger charge is 2.10. The number of anilines is 2. The van der Waals surface area contributed by atoms with Crippen molar-refractivity contribution in [2.45, 2.75) is 0 Å². The van der Waals surface area contributed by atoms with Crippen LogP contribution in [0.1, 0.15) is 0 Å². The molecule has 18 heavy (non-hydrogen) atoms. The fourth-order valence-corrected chi connectivity index (χ4v) is 1.66. The van der Waals surface area contributed by atoms with Gasteiger partial charge in [-0.05, 0) is 24.3 Å². The van der Waals surface area contributed by atoms with Crippen LogP contribution in [0.25, 0.3) is 0 Å². The summed E-state index contributed by atoms with van der Waals surface area (Å²) in [5, 5.41) is 1.75. The number of amides is 1. The van der Waals surface area contributed by atoms with Crippen LogP contribution in [0.15, 0.2) is 60.7 Å². The molecule has 0 aliphatic carbocycles. The number of nitrogens with one attached hydrogen (secondary N) is 1. The van der Waals surface area contributed by atoms with E-state index in [9.17, 15) is 4.79 Å². The van der Waals surface area contributed by atoms with Crippen molar-refractivity contribution in [2.24, 2.45) is 0 Å². The van der Waals surface area contributed by atoms with E-state index >= 15 is 0 Å². The molecule has 0 bridgehead atoms. The van der Waals surface area contributed by atoms with Crippen LogP contribution in [-0.2, 0) is 4.79 Å². The molecule has 2 aromatic rings. The smallest absolute Gasteiger partial charge is 0.248 e. The maximum Gasteiger partial charge on any atom is 0.248 e. The van der Waals surface area contributed by atoms with E-state index in [-0.39, 0.29) is 11.7 Å². The number of nitrogens with zero attached hydrogens (tertiary/aromatic N) is 1. The number of rotatable bonds is 4. The number of hydrogen-bond acceptors (Lipinski definition) is 3. The van der Waals surface area contributed by atoms with Gasteiger partial charge in [0.15, 0.2) is 0 Å². The molecule has 0 aliphatic rings. The third-order valence-electron chi connectivity index (χ3n) is 2.41. The highest BCUT2D eigenvalue weighted by molar-refractivity contribution is 7.81. The minimum atomic E-state index is -0.147. The summed E-state index contributed by atoms with van der Waals surface area (Å²) in [6, 6.07) is 19.3. The number of hydrogen-bond donors (Lipinski definition) is 2. The molecular weight excluding hydrogens is 244 g/mol. The Kier molecular flexibility index (Phi) is 4.25. The van der Waals surface area contributed by atoms with Gasteiger partial charge >= 0.3 is 0 Å². The van der Waals surface area contributed by atoms with Crippen molar-refractivity contribution in [3.05, 3.63) is 60.7 Å². The molecule has 2 aromatic carbocycles. The van der Waals surface area contributed by atoms with Crippen LogP contribution < -0.4 is 10.4 Å². The maximum atomic E-state index is 11.5. The van der Waals surface area contributed by atoms with E-state index in [0.717, 1.165) is 11.4 Å². The minimum absolute atomic E-state index is 0.147. The highest BCUT2D eigenvalue weighted by Crippen LogP contribution is 2.22. The van der Waals surface area contributed by atoms with Crippen molar-refractivity contribution in [1.82, 2.24) is 5.43 Å². The van der Waals surface area contributed by atoms with Crippen LogP contribution in [0.5, 0.6) is 0 Å². The zero-order chi connectivity index (χ0) is 12.8. The predicted molar refractivity (Wildman–Crippen MR) is 77.0 cm³/mol. The van der Waals surface area contributed by atoms with Gasteiger partial charge in [0.2, 0.25) is 5.91 Å². The zero-order valence-corrected chi connectivity index (χ0v) is 10.7. The first-order valence-electron chi connectivity index (χ1n) is 5.62. The Labute approximate surface area is 112 Å². The molecule has 3 nitrogen and oxygen atoms in total. The second-order valence-electron chi connectivity index (χ2n) is 3.70. The molecule has 0 radical (unpaired) electrons. The normalized spacial score (nSPS) is 9.83. The molecule has 1 amide bonds. The van der Waals surface area contributed by atoms with E-state index in [2.05, 4.69) is 18.1 Å². The van der Waals surface area contributed by atoms with E-state index in [1.165, 1.54) is 0 Å². The van der Waals surface area contributed by atoms with Gasteiger partial charge in [-0.15, -0.1) is 0 Å². The Bertz CT molecular complexity index is 462. The van der Waals surface area contributed by atoms with Gasteiger partial charge in [-0.25, -0.2) is 0 Å². The van der Waals surface area contributed by atoms with Crippen LogP contribution >= 0.6 is 12.6 Å². The lowest BCUT2D eigenvalue weighted by atomic mass is 10.2. The molecular formula is C14H14N2OS. The summed E-state index contributed by atoms with van der Waals surface area (Å²) in [6.45, 7) is 0. The van der Waals surface area contributed by atoms with Crippen molar-refractivity contribution < 1.29 is 4.79 Å². The topological polar surface area (TPSA) is 32.3 Å². The van der Waals surface area contributed by atoms with Gasteiger partial charge < -0.3 is 0 Å². The van der Waals surface area contributed by atoms with Crippen LogP contribution in [0.2, 0.25) is 0 Å². The Hall–Kier alpha value is -1.94. The second-order valence-corrected chi connectivity index (χ2v) is 4.02. The molecule has 2 rings (SSSR count). The number of para-hydroxylation sites is 2. The summed E-state index contributed by atoms with van der Waals surface area (Å²) < 4.78 is 0. The third kappa shape index (κ3) is 3.05. The summed E-state index contributed by atoms with van der Waals surface area (Å²) in [7, 11) is 0. The van der Waals surface area contributed by atoms with Crippen LogP contribution in [0, 0.1) is 0 Å². The van der Waals surface area contributed by atoms with E-state index in [4.69, 9.17) is 0 Å². The number of carbonyl (C=O) groups excluding carboxylic acids is 1. The molecule has 0 unspecified atom stereocenters. The number of benzene rings is 2. The van der Waals surface area contributed by atoms with Gasteiger partial charge in [-0.1, -0.05) is 36.4 Å². The molecule has 4 heteroatoms. The van der Waals surface area contributed by atoms with Crippen molar-refractivity contribution in [2.75, 3.05) is 10.8 Å². The Balaban J connectivity index is 2.32. The lowest BCUT2D eigenvalue weighted by molar-refractivity contribution is -0.118. The average molecular weight is 258 g/mol. The third-order valence-corrected chi connectivity index (χ3v) is 2.70. The fraction of sp³-hybridized carbons (Fsp3) is 0.0714. The first-order chi connectivity index (χ1) is 8.81. The number of thiol groups is 1. The first kappa shape index (κ1) is 12.5. The summed E-state index contributed by atoms with van der Waals surface area (Å²) in [5.41, 5.74) is 4.62. The summed E-state index contributed by atoms with van der Waals surface area (Å²) in [6.07, 6.45) is 0. The molecule has 0 aliphatic heterocycles. The molecule has 0 saturated carbocycles. The van der Waals surface area contributed by atoms with Gasteiger partial charge in [-0.3, -0.25) is 15.2 Å². The van der Waals surface area contributed by atoms with Crippen molar-refractivity contribution in [1.29, 1.82) is 0 Å². The Morgan fingerprint density at radius 2 is 1.39 bits per heavy atom. The minimum Gasteiger partial charge on any atom is -0.272 e. The molecule has 0 saturated heterocycles. The molecule has 0 heterocycles. The van der Waals surface area contributed by atoms with Gasteiger partial charge in [0.1, 0.15) is 0 Å². The molecule has 0 fully saturated rings. The van der Waals surface area contributed by atoms with Crippen LogP contribution in [-0.4, -0.2) is 11.7 Å². The van der Waals surface area contributed by atoms with E-state index in [0.29, 0.717) is 0 Å². The van der Waals surface area contributed by atoms with Gasteiger partial charge in [-0.2, -0.15) is 12.6 Å². The highest BCUT2D eigenvalue weighted by atomic mass is 32.1. The SMILES string of the molecule is O=C(CS)NN(c1ccccc1)c1ccccc1. The first-order valence-corrected chi connectivity index (χ1v) is 6.25. The predicted octanol–water partition coefficient (Wildman–Crippen LogP) is 2.79. The van der Waals surface area contributed by atoms with Gasteiger partial charge in [0.25, 0.3) is 0 Å². The standard InChI is InChI=1S/C14H14N2OS/c17-14(11-18)15-16(12-7-3-1-4-8-12)13-9-5-2-6-10-13/h1-10,18H,11H2,(H,15,17). The summed E-state index contributed by atoms with van der Waals surface area (Å²) in [4.78, 5) is 11.5. The van der Waals surface area contributed by atoms with Crippen LogP contribution in [0.3, 0.4) is 0 Å². The van der Waals surface area contributed by atoms with Crippen molar-refractivity contribution >= 4 is 29.9 Å². The molecule has 0 spiro atoms. The zero-order valence-electron chi connectivity index (χ0n) is 9.78. The largest absolute Gasteiger partial charge is 0.272 e. The lowest BCUT2D eigenvalue weighted by Gasteiger charge is -2.25.